The summed E-state index contributed by atoms with van der Waals surface area (Å²) in [5.41, 5.74) is 7.31. The molecule has 0 amide bonds. The number of anilines is 1. The fourth-order valence-electron chi connectivity index (χ4n) is 1.28. The minimum absolute atomic E-state index is 0. The van der Waals surface area contributed by atoms with Crippen molar-refractivity contribution in [1.29, 1.82) is 0 Å². The Kier molecular flexibility index (Phi) is 3.52. The number of halogens is 1. The van der Waals surface area contributed by atoms with E-state index < -0.39 is 5.97 Å². The molecule has 5 nitrogen and oxygen atoms in total. The molecule has 0 bridgehead atoms. The van der Waals surface area contributed by atoms with E-state index in [0.29, 0.717) is 5.95 Å². The van der Waals surface area contributed by atoms with E-state index in [1.165, 1.54) is 12.1 Å². The second kappa shape index (κ2) is 4.67. The lowest BCUT2D eigenvalue weighted by Crippen LogP contribution is -1.95. The average Bonchev–Trinajstić information content (AvgIpc) is 2.65. The van der Waals surface area contributed by atoms with Gasteiger partial charge < -0.3 is 15.8 Å². The number of nitrogens with zero attached hydrogens (tertiary/aromatic N) is 1. The van der Waals surface area contributed by atoms with Gasteiger partial charge in [-0.25, -0.2) is 9.78 Å². The molecule has 84 valence electrons. The van der Waals surface area contributed by atoms with E-state index in [1.54, 1.807) is 18.3 Å². The number of aromatic carboxylic acids is 1. The molecule has 2 rings (SSSR count). The molecule has 4 N–H and O–H groups in total. The predicted molar refractivity (Wildman–Crippen MR) is 62.6 cm³/mol. The second-order valence-electron chi connectivity index (χ2n) is 3.06. The number of carboxylic acid groups (broad SMARTS) is 1. The van der Waals surface area contributed by atoms with E-state index in [1.807, 2.05) is 0 Å². The Morgan fingerprint density at radius 2 is 1.94 bits per heavy atom. The van der Waals surface area contributed by atoms with Crippen molar-refractivity contribution in [2.45, 2.75) is 0 Å². The Bertz CT molecular complexity index is 493. The number of carbonyl (C=O) groups is 1. The van der Waals surface area contributed by atoms with Crippen LogP contribution in [-0.4, -0.2) is 21.0 Å². The Morgan fingerprint density at radius 1 is 1.31 bits per heavy atom. The number of nitrogens with one attached hydrogen (secondary N) is 1. The summed E-state index contributed by atoms with van der Waals surface area (Å²) in [5, 5.41) is 8.71. The lowest BCUT2D eigenvalue weighted by molar-refractivity contribution is 0.0697. The molecule has 0 radical (unpaired) electrons. The topological polar surface area (TPSA) is 92.0 Å². The van der Waals surface area contributed by atoms with Gasteiger partial charge in [0, 0.05) is 0 Å². The van der Waals surface area contributed by atoms with Gasteiger partial charge in [0.25, 0.3) is 0 Å². The number of hydrogen-bond donors (Lipinski definition) is 3. The Hall–Kier alpha value is -2.01. The number of carboxylic acids is 1. The quantitative estimate of drug-likeness (QED) is 0.745. The summed E-state index contributed by atoms with van der Waals surface area (Å²) in [5.74, 6) is -0.599. The number of imidazole rings is 1. The van der Waals surface area contributed by atoms with Crippen LogP contribution in [0.2, 0.25) is 0 Å². The number of H-pyrrole nitrogens is 1. The van der Waals surface area contributed by atoms with E-state index in [0.717, 1.165) is 11.3 Å². The molecule has 1 aromatic heterocycles. The molecular formula is C10H10ClN3O2. The molecule has 0 saturated heterocycles. The van der Waals surface area contributed by atoms with Crippen LogP contribution in [0.25, 0.3) is 11.3 Å². The summed E-state index contributed by atoms with van der Waals surface area (Å²) < 4.78 is 0. The highest BCUT2D eigenvalue weighted by Gasteiger charge is 2.04. The standard InChI is InChI=1S/C10H9N3O2.ClH/c11-10-12-5-8(13-10)6-1-3-7(4-2-6)9(14)15;/h1-5H,(H,14,15)(H3,11,12,13);1H. The molecule has 1 aromatic carbocycles. The first kappa shape index (κ1) is 12.1. The summed E-state index contributed by atoms with van der Waals surface area (Å²) >= 11 is 0. The van der Waals surface area contributed by atoms with Crippen LogP contribution in [0.1, 0.15) is 10.4 Å². The number of nitrogens with two attached hydrogens (primary N) is 1. The van der Waals surface area contributed by atoms with Crippen LogP contribution < -0.4 is 5.73 Å². The number of aromatic amines is 1. The Labute approximate surface area is 97.7 Å². The van der Waals surface area contributed by atoms with Crippen molar-refractivity contribution in [3.63, 3.8) is 0 Å². The van der Waals surface area contributed by atoms with Crippen LogP contribution in [0.15, 0.2) is 30.5 Å². The minimum atomic E-state index is -0.939. The summed E-state index contributed by atoms with van der Waals surface area (Å²) in [7, 11) is 0. The van der Waals surface area contributed by atoms with Crippen molar-refractivity contribution in [3.8, 4) is 11.3 Å². The van der Waals surface area contributed by atoms with E-state index in [4.69, 9.17) is 10.8 Å². The molecule has 6 heteroatoms. The lowest BCUT2D eigenvalue weighted by Gasteiger charge is -1.98. The molecule has 16 heavy (non-hydrogen) atoms. The highest BCUT2D eigenvalue weighted by Crippen LogP contribution is 2.18. The normalized spacial score (nSPS) is 9.50. The van der Waals surface area contributed by atoms with Crippen LogP contribution in [-0.2, 0) is 0 Å². The third-order valence-electron chi connectivity index (χ3n) is 2.04. The van der Waals surface area contributed by atoms with Gasteiger partial charge in [0.05, 0.1) is 17.5 Å². The number of rotatable bonds is 2. The van der Waals surface area contributed by atoms with Crippen LogP contribution in [0, 0.1) is 0 Å². The van der Waals surface area contributed by atoms with Crippen molar-refractivity contribution >= 4 is 24.3 Å². The first-order chi connectivity index (χ1) is 7.16. The van der Waals surface area contributed by atoms with Gasteiger partial charge in [0.15, 0.2) is 5.95 Å². The van der Waals surface area contributed by atoms with Crippen molar-refractivity contribution in [2.24, 2.45) is 0 Å². The van der Waals surface area contributed by atoms with Gasteiger partial charge in [-0.05, 0) is 17.7 Å². The van der Waals surface area contributed by atoms with Gasteiger partial charge in [0.1, 0.15) is 0 Å². The first-order valence-electron chi connectivity index (χ1n) is 4.31. The molecule has 2 aromatic rings. The minimum Gasteiger partial charge on any atom is -0.478 e. The fourth-order valence-corrected chi connectivity index (χ4v) is 1.28. The van der Waals surface area contributed by atoms with Crippen molar-refractivity contribution < 1.29 is 9.90 Å². The molecule has 0 unspecified atom stereocenters. The number of nitrogen functional groups attached to an aromatic ring is 1. The van der Waals surface area contributed by atoms with Gasteiger partial charge in [-0.2, -0.15) is 0 Å². The lowest BCUT2D eigenvalue weighted by atomic mass is 10.1. The second-order valence-corrected chi connectivity index (χ2v) is 3.06. The summed E-state index contributed by atoms with van der Waals surface area (Å²) in [6, 6.07) is 6.48. The number of aromatic nitrogens is 2. The molecule has 0 aliphatic rings. The zero-order chi connectivity index (χ0) is 10.8. The molecular weight excluding hydrogens is 230 g/mol. The van der Waals surface area contributed by atoms with E-state index >= 15 is 0 Å². The maximum atomic E-state index is 10.6. The Morgan fingerprint density at radius 3 is 2.38 bits per heavy atom. The maximum absolute atomic E-state index is 10.6. The third-order valence-corrected chi connectivity index (χ3v) is 2.04. The third kappa shape index (κ3) is 2.32. The predicted octanol–water partition coefficient (Wildman–Crippen LogP) is 1.78. The largest absolute Gasteiger partial charge is 0.478 e. The molecule has 0 spiro atoms. The van der Waals surface area contributed by atoms with Gasteiger partial charge in [-0.3, -0.25) is 0 Å². The zero-order valence-electron chi connectivity index (χ0n) is 8.18. The van der Waals surface area contributed by atoms with Crippen LogP contribution in [0.4, 0.5) is 5.95 Å². The number of benzene rings is 1. The first-order valence-corrected chi connectivity index (χ1v) is 4.31. The molecule has 0 aliphatic heterocycles. The summed E-state index contributed by atoms with van der Waals surface area (Å²) in [4.78, 5) is 17.3. The summed E-state index contributed by atoms with van der Waals surface area (Å²) in [6.45, 7) is 0. The molecule has 0 aliphatic carbocycles. The van der Waals surface area contributed by atoms with Crippen molar-refractivity contribution in [1.82, 2.24) is 9.97 Å². The van der Waals surface area contributed by atoms with Crippen molar-refractivity contribution in [2.75, 3.05) is 5.73 Å². The maximum Gasteiger partial charge on any atom is 0.335 e. The molecule has 0 atom stereocenters. The molecule has 0 saturated carbocycles. The highest BCUT2D eigenvalue weighted by molar-refractivity contribution is 5.88. The van der Waals surface area contributed by atoms with Crippen molar-refractivity contribution in [3.05, 3.63) is 36.0 Å². The van der Waals surface area contributed by atoms with Gasteiger partial charge in [-0.1, -0.05) is 12.1 Å². The smallest absolute Gasteiger partial charge is 0.335 e. The van der Waals surface area contributed by atoms with Crippen LogP contribution >= 0.6 is 12.4 Å². The summed E-state index contributed by atoms with van der Waals surface area (Å²) in [6.07, 6.45) is 1.60. The van der Waals surface area contributed by atoms with Gasteiger partial charge >= 0.3 is 5.97 Å². The number of hydrogen-bond acceptors (Lipinski definition) is 3. The van der Waals surface area contributed by atoms with Gasteiger partial charge in [-0.15, -0.1) is 12.4 Å². The average molecular weight is 240 g/mol. The molecule has 0 fully saturated rings. The van der Waals surface area contributed by atoms with E-state index in [2.05, 4.69) is 9.97 Å². The SMILES string of the molecule is Cl.Nc1ncc(-c2ccc(C(=O)O)cc2)[nH]1. The van der Waals surface area contributed by atoms with Crippen LogP contribution in [0.3, 0.4) is 0 Å². The Balaban J connectivity index is 0.00000128. The zero-order valence-corrected chi connectivity index (χ0v) is 8.99. The van der Waals surface area contributed by atoms with Gasteiger partial charge in [0.2, 0.25) is 0 Å². The molecule has 1 heterocycles. The monoisotopic (exact) mass is 239 g/mol. The fraction of sp³-hybridized carbons (Fsp3) is 0. The van der Waals surface area contributed by atoms with Crippen LogP contribution in [0.5, 0.6) is 0 Å². The van der Waals surface area contributed by atoms with E-state index in [9.17, 15) is 4.79 Å². The van der Waals surface area contributed by atoms with E-state index in [-0.39, 0.29) is 18.0 Å². The highest BCUT2D eigenvalue weighted by atomic mass is 35.5.